The van der Waals surface area contributed by atoms with Crippen LogP contribution in [0.15, 0.2) is 59.6 Å². The standard InChI is InChI=1S/C19H19N/c1-17(2)18(3)16-12-8-7-9-14(16)13-20-19(17,18)15-10-5-4-6-11-15/h4-13H,1-3H3/t18-,19+/m0/s1. The summed E-state index contributed by atoms with van der Waals surface area (Å²) >= 11 is 0. The monoisotopic (exact) mass is 261 g/mol. The van der Waals surface area contributed by atoms with Crippen LogP contribution in [0.2, 0.25) is 0 Å². The van der Waals surface area contributed by atoms with Crippen LogP contribution in [-0.2, 0) is 11.0 Å². The molecule has 4 rings (SSSR count). The van der Waals surface area contributed by atoms with Gasteiger partial charge in [0.05, 0.1) is 0 Å². The van der Waals surface area contributed by atoms with Gasteiger partial charge >= 0.3 is 0 Å². The van der Waals surface area contributed by atoms with E-state index in [1.165, 1.54) is 16.7 Å². The van der Waals surface area contributed by atoms with Gasteiger partial charge in [0.15, 0.2) is 0 Å². The molecule has 0 aromatic heterocycles. The van der Waals surface area contributed by atoms with Gasteiger partial charge in [0.2, 0.25) is 0 Å². The third kappa shape index (κ3) is 1.02. The van der Waals surface area contributed by atoms with Gasteiger partial charge in [0.25, 0.3) is 0 Å². The lowest BCUT2D eigenvalue weighted by atomic mass is 9.83. The summed E-state index contributed by atoms with van der Waals surface area (Å²) in [5.74, 6) is 0. The van der Waals surface area contributed by atoms with E-state index in [-0.39, 0.29) is 16.4 Å². The summed E-state index contributed by atoms with van der Waals surface area (Å²) in [5.41, 5.74) is 4.13. The highest BCUT2D eigenvalue weighted by Gasteiger charge is 2.82. The van der Waals surface area contributed by atoms with E-state index in [0.717, 1.165) is 0 Å². The van der Waals surface area contributed by atoms with Gasteiger partial charge in [-0.1, -0.05) is 75.4 Å². The Labute approximate surface area is 120 Å². The molecular formula is C19H19N. The van der Waals surface area contributed by atoms with E-state index in [4.69, 9.17) is 4.99 Å². The molecule has 0 spiro atoms. The van der Waals surface area contributed by atoms with Gasteiger partial charge in [-0.2, -0.15) is 0 Å². The summed E-state index contributed by atoms with van der Waals surface area (Å²) in [6.45, 7) is 7.06. The summed E-state index contributed by atoms with van der Waals surface area (Å²) in [6, 6.07) is 19.4. The number of benzene rings is 2. The predicted octanol–water partition coefficient (Wildman–Crippen LogP) is 4.31. The van der Waals surface area contributed by atoms with Gasteiger partial charge in [-0.15, -0.1) is 0 Å². The Morgan fingerprint density at radius 2 is 1.45 bits per heavy atom. The third-order valence-electron chi connectivity index (χ3n) is 5.90. The Kier molecular flexibility index (Phi) is 2.03. The molecule has 1 nitrogen and oxygen atoms in total. The van der Waals surface area contributed by atoms with Gasteiger partial charge in [0.1, 0.15) is 5.54 Å². The molecule has 0 N–H and O–H groups in total. The Balaban J connectivity index is 2.01. The van der Waals surface area contributed by atoms with Crippen molar-refractivity contribution in [2.75, 3.05) is 0 Å². The van der Waals surface area contributed by atoms with Gasteiger partial charge in [0, 0.05) is 17.0 Å². The van der Waals surface area contributed by atoms with Crippen LogP contribution < -0.4 is 0 Å². The zero-order chi connectivity index (χ0) is 14.0. The lowest BCUT2D eigenvalue weighted by Crippen LogP contribution is -2.23. The number of rotatable bonds is 1. The molecule has 0 bridgehead atoms. The summed E-state index contributed by atoms with van der Waals surface area (Å²) in [4.78, 5) is 5.05. The fraction of sp³-hybridized carbons (Fsp3) is 0.316. The van der Waals surface area contributed by atoms with Crippen LogP contribution in [0.25, 0.3) is 0 Å². The van der Waals surface area contributed by atoms with Gasteiger partial charge in [-0.05, 0) is 16.7 Å². The van der Waals surface area contributed by atoms with E-state index in [9.17, 15) is 0 Å². The number of nitrogens with zero attached hydrogens (tertiary/aromatic N) is 1. The second-order valence-electron chi connectivity index (χ2n) is 6.67. The molecule has 0 amide bonds. The summed E-state index contributed by atoms with van der Waals surface area (Å²) in [6.07, 6.45) is 2.07. The van der Waals surface area contributed by atoms with Crippen LogP contribution in [0.5, 0.6) is 0 Å². The maximum Gasteiger partial charge on any atom is 0.102 e. The molecule has 2 atom stereocenters. The van der Waals surface area contributed by atoms with E-state index in [1.807, 2.05) is 0 Å². The zero-order valence-electron chi connectivity index (χ0n) is 12.2. The first kappa shape index (κ1) is 11.9. The first-order valence-corrected chi connectivity index (χ1v) is 7.26. The summed E-state index contributed by atoms with van der Waals surface area (Å²) < 4.78 is 0. The zero-order valence-corrected chi connectivity index (χ0v) is 12.2. The van der Waals surface area contributed by atoms with Crippen LogP contribution in [0.4, 0.5) is 0 Å². The molecule has 1 heteroatoms. The first-order chi connectivity index (χ1) is 9.56. The fourth-order valence-corrected chi connectivity index (χ4v) is 4.52. The molecule has 0 unspecified atom stereocenters. The highest BCUT2D eigenvalue weighted by atomic mass is 15.1. The van der Waals surface area contributed by atoms with Crippen molar-refractivity contribution in [3.8, 4) is 0 Å². The molecule has 2 aliphatic rings. The van der Waals surface area contributed by atoms with Gasteiger partial charge in [-0.25, -0.2) is 0 Å². The molecule has 1 heterocycles. The second-order valence-corrected chi connectivity index (χ2v) is 6.67. The maximum atomic E-state index is 5.05. The predicted molar refractivity (Wildman–Crippen MR) is 83.3 cm³/mol. The number of fused-ring (bicyclic) bond motifs is 3. The molecule has 1 aliphatic carbocycles. The highest BCUT2D eigenvalue weighted by molar-refractivity contribution is 5.87. The Bertz CT molecular complexity index is 714. The van der Waals surface area contributed by atoms with Crippen LogP contribution in [-0.4, -0.2) is 6.21 Å². The molecule has 20 heavy (non-hydrogen) atoms. The molecule has 2 aromatic rings. The van der Waals surface area contributed by atoms with Crippen LogP contribution in [0.1, 0.15) is 37.5 Å². The average Bonchev–Trinajstić information content (AvgIpc) is 2.90. The number of hydrogen-bond donors (Lipinski definition) is 0. The molecule has 0 radical (unpaired) electrons. The molecule has 1 fully saturated rings. The third-order valence-corrected chi connectivity index (χ3v) is 5.90. The highest BCUT2D eigenvalue weighted by Crippen LogP contribution is 2.80. The Morgan fingerprint density at radius 3 is 2.20 bits per heavy atom. The van der Waals surface area contributed by atoms with Crippen molar-refractivity contribution in [3.05, 3.63) is 71.3 Å². The minimum absolute atomic E-state index is 0.0761. The smallest absolute Gasteiger partial charge is 0.102 e. The van der Waals surface area contributed by atoms with Crippen molar-refractivity contribution in [1.82, 2.24) is 0 Å². The van der Waals surface area contributed by atoms with Crippen LogP contribution in [0, 0.1) is 5.41 Å². The summed E-state index contributed by atoms with van der Waals surface area (Å²) in [7, 11) is 0. The molecule has 1 aliphatic heterocycles. The minimum Gasteiger partial charge on any atom is -0.280 e. The lowest BCUT2D eigenvalue weighted by molar-refractivity contribution is 0.504. The molecule has 0 saturated heterocycles. The van der Waals surface area contributed by atoms with E-state index < -0.39 is 0 Å². The molecule has 2 aromatic carbocycles. The van der Waals surface area contributed by atoms with Crippen molar-refractivity contribution < 1.29 is 0 Å². The second kappa shape index (κ2) is 3.41. The fourth-order valence-electron chi connectivity index (χ4n) is 4.52. The van der Waals surface area contributed by atoms with Gasteiger partial charge in [-0.3, -0.25) is 4.99 Å². The van der Waals surface area contributed by atoms with E-state index in [0.29, 0.717) is 0 Å². The lowest BCUT2D eigenvalue weighted by Gasteiger charge is -2.25. The quantitative estimate of drug-likeness (QED) is 0.725. The van der Waals surface area contributed by atoms with Crippen LogP contribution >= 0.6 is 0 Å². The van der Waals surface area contributed by atoms with E-state index >= 15 is 0 Å². The largest absolute Gasteiger partial charge is 0.280 e. The van der Waals surface area contributed by atoms with Crippen LogP contribution in [0.3, 0.4) is 0 Å². The molecular weight excluding hydrogens is 242 g/mol. The van der Waals surface area contributed by atoms with Crippen molar-refractivity contribution in [1.29, 1.82) is 0 Å². The first-order valence-electron chi connectivity index (χ1n) is 7.26. The molecule has 1 saturated carbocycles. The Hall–Kier alpha value is -1.89. The van der Waals surface area contributed by atoms with Crippen molar-refractivity contribution >= 4 is 6.21 Å². The van der Waals surface area contributed by atoms with E-state index in [2.05, 4.69) is 81.6 Å². The molecule has 100 valence electrons. The minimum atomic E-state index is -0.115. The summed E-state index contributed by atoms with van der Waals surface area (Å²) in [5, 5.41) is 0. The topological polar surface area (TPSA) is 12.4 Å². The normalized spacial score (nSPS) is 32.4. The van der Waals surface area contributed by atoms with Crippen molar-refractivity contribution in [3.63, 3.8) is 0 Å². The Morgan fingerprint density at radius 1 is 0.800 bits per heavy atom. The number of hydrogen-bond acceptors (Lipinski definition) is 1. The number of aliphatic imine (C=N–C) groups is 1. The van der Waals surface area contributed by atoms with Crippen molar-refractivity contribution in [2.24, 2.45) is 10.4 Å². The van der Waals surface area contributed by atoms with Gasteiger partial charge < -0.3 is 0 Å². The average molecular weight is 261 g/mol. The van der Waals surface area contributed by atoms with Crippen molar-refractivity contribution in [2.45, 2.75) is 31.7 Å². The SMILES string of the molecule is CC1(C)[C@]2(C)c3ccccc3C=N[C@]12c1ccccc1. The van der Waals surface area contributed by atoms with E-state index in [1.54, 1.807) is 0 Å². The maximum absolute atomic E-state index is 5.05.